The van der Waals surface area contributed by atoms with Gasteiger partial charge in [-0.25, -0.2) is 0 Å². The second-order valence-corrected chi connectivity index (χ2v) is 4.50. The van der Waals surface area contributed by atoms with Gasteiger partial charge < -0.3 is 15.2 Å². The third kappa shape index (κ3) is 4.64. The molecule has 0 radical (unpaired) electrons. The number of hydrogen-bond acceptors (Lipinski definition) is 3. The molecule has 0 saturated carbocycles. The van der Waals surface area contributed by atoms with Crippen LogP contribution in [0.2, 0.25) is 0 Å². The molecule has 2 rings (SSSR count). The molecule has 2 aromatic rings. The normalized spacial score (nSPS) is 11.9. The minimum atomic E-state index is -0.270. The Kier molecular flexibility index (Phi) is 4.81. The van der Waals surface area contributed by atoms with Gasteiger partial charge in [-0.1, -0.05) is 18.2 Å². The van der Waals surface area contributed by atoms with Crippen LogP contribution in [0, 0.1) is 0 Å². The Morgan fingerprint density at radius 2 is 1.63 bits per heavy atom. The van der Waals surface area contributed by atoms with Gasteiger partial charge in [0.2, 0.25) is 0 Å². The fourth-order valence-corrected chi connectivity index (χ4v) is 1.69. The van der Waals surface area contributed by atoms with Gasteiger partial charge >= 0.3 is 0 Å². The predicted octanol–water partition coefficient (Wildman–Crippen LogP) is 3.66. The van der Waals surface area contributed by atoms with Crippen LogP contribution in [0.5, 0.6) is 11.5 Å². The maximum absolute atomic E-state index is 9.18. The highest BCUT2D eigenvalue weighted by atomic mass is 16.5. The number of benzene rings is 2. The summed E-state index contributed by atoms with van der Waals surface area (Å²) >= 11 is 0. The number of rotatable bonds is 6. The number of para-hydroxylation sites is 1. The summed E-state index contributed by atoms with van der Waals surface area (Å²) < 4.78 is 5.71. The molecule has 1 atom stereocenters. The second kappa shape index (κ2) is 6.81. The van der Waals surface area contributed by atoms with Crippen molar-refractivity contribution >= 4 is 5.69 Å². The van der Waals surface area contributed by atoms with E-state index in [2.05, 4.69) is 5.32 Å². The molecule has 0 amide bonds. The van der Waals surface area contributed by atoms with E-state index in [-0.39, 0.29) is 6.10 Å². The van der Waals surface area contributed by atoms with E-state index in [1.54, 1.807) is 6.92 Å². The van der Waals surface area contributed by atoms with E-state index in [4.69, 9.17) is 4.74 Å². The number of anilines is 1. The number of nitrogens with one attached hydrogen (secondary N) is 1. The van der Waals surface area contributed by atoms with E-state index in [0.29, 0.717) is 0 Å². The molecule has 0 bridgehead atoms. The van der Waals surface area contributed by atoms with Crippen molar-refractivity contribution in [3.05, 3.63) is 54.6 Å². The molecule has 0 fully saturated rings. The Balaban J connectivity index is 1.88. The van der Waals surface area contributed by atoms with Gasteiger partial charge in [0.1, 0.15) is 11.5 Å². The molecule has 3 nitrogen and oxygen atoms in total. The first-order chi connectivity index (χ1) is 9.24. The molecule has 0 spiro atoms. The number of hydrogen-bond donors (Lipinski definition) is 2. The minimum absolute atomic E-state index is 0.270. The number of ether oxygens (including phenoxy) is 1. The molecule has 100 valence electrons. The first-order valence-corrected chi connectivity index (χ1v) is 6.49. The largest absolute Gasteiger partial charge is 0.457 e. The van der Waals surface area contributed by atoms with Crippen molar-refractivity contribution in [1.82, 2.24) is 0 Å². The topological polar surface area (TPSA) is 41.5 Å². The van der Waals surface area contributed by atoms with E-state index >= 15 is 0 Å². The molecule has 0 aliphatic carbocycles. The lowest BCUT2D eigenvalue weighted by molar-refractivity contribution is 0.189. The van der Waals surface area contributed by atoms with Crippen molar-refractivity contribution in [2.75, 3.05) is 11.9 Å². The highest BCUT2D eigenvalue weighted by molar-refractivity contribution is 5.47. The van der Waals surface area contributed by atoms with Crippen molar-refractivity contribution in [1.29, 1.82) is 0 Å². The van der Waals surface area contributed by atoms with Crippen molar-refractivity contribution in [3.8, 4) is 11.5 Å². The molecule has 0 aromatic heterocycles. The Morgan fingerprint density at radius 3 is 2.26 bits per heavy atom. The molecule has 0 aliphatic heterocycles. The van der Waals surface area contributed by atoms with Crippen LogP contribution in [0.25, 0.3) is 0 Å². The second-order valence-electron chi connectivity index (χ2n) is 4.50. The Bertz CT molecular complexity index is 480. The lowest BCUT2D eigenvalue weighted by Crippen LogP contribution is -2.09. The third-order valence-corrected chi connectivity index (χ3v) is 2.72. The summed E-state index contributed by atoms with van der Waals surface area (Å²) in [5.74, 6) is 1.64. The van der Waals surface area contributed by atoms with Crippen molar-refractivity contribution in [3.63, 3.8) is 0 Å². The zero-order valence-corrected chi connectivity index (χ0v) is 11.0. The van der Waals surface area contributed by atoms with E-state index in [1.807, 2.05) is 54.6 Å². The zero-order valence-electron chi connectivity index (χ0n) is 11.0. The van der Waals surface area contributed by atoms with Gasteiger partial charge in [0.15, 0.2) is 0 Å². The van der Waals surface area contributed by atoms with Crippen molar-refractivity contribution in [2.24, 2.45) is 0 Å². The first kappa shape index (κ1) is 13.4. The van der Waals surface area contributed by atoms with Crippen LogP contribution in [-0.4, -0.2) is 17.8 Å². The van der Waals surface area contributed by atoms with Crippen LogP contribution < -0.4 is 10.1 Å². The van der Waals surface area contributed by atoms with Gasteiger partial charge in [0, 0.05) is 12.2 Å². The Labute approximate surface area is 113 Å². The summed E-state index contributed by atoms with van der Waals surface area (Å²) in [6, 6.07) is 17.5. The van der Waals surface area contributed by atoms with Crippen LogP contribution in [0.4, 0.5) is 5.69 Å². The van der Waals surface area contributed by atoms with Gasteiger partial charge in [-0.05, 0) is 49.7 Å². The fourth-order valence-electron chi connectivity index (χ4n) is 1.69. The van der Waals surface area contributed by atoms with E-state index in [0.717, 1.165) is 30.2 Å². The molecule has 3 heteroatoms. The maximum atomic E-state index is 9.18. The molecule has 0 saturated heterocycles. The highest BCUT2D eigenvalue weighted by Crippen LogP contribution is 2.22. The van der Waals surface area contributed by atoms with Crippen molar-refractivity contribution < 1.29 is 9.84 Å². The standard InChI is InChI=1S/C16H19NO2/c1-13(18)11-12-17-14-7-9-16(10-8-14)19-15-5-3-2-4-6-15/h2-10,13,17-18H,11-12H2,1H3. The van der Waals surface area contributed by atoms with Crippen LogP contribution in [0.3, 0.4) is 0 Å². The molecular formula is C16H19NO2. The predicted molar refractivity (Wildman–Crippen MR) is 77.7 cm³/mol. The molecule has 0 heterocycles. The SMILES string of the molecule is CC(O)CCNc1ccc(Oc2ccccc2)cc1. The Hall–Kier alpha value is -2.00. The van der Waals surface area contributed by atoms with Crippen LogP contribution in [0.15, 0.2) is 54.6 Å². The lowest BCUT2D eigenvalue weighted by Gasteiger charge is -2.09. The molecule has 1 unspecified atom stereocenters. The van der Waals surface area contributed by atoms with Crippen molar-refractivity contribution in [2.45, 2.75) is 19.4 Å². The molecular weight excluding hydrogens is 238 g/mol. The first-order valence-electron chi connectivity index (χ1n) is 6.49. The molecule has 2 N–H and O–H groups in total. The van der Waals surface area contributed by atoms with Gasteiger partial charge in [-0.3, -0.25) is 0 Å². The average molecular weight is 257 g/mol. The maximum Gasteiger partial charge on any atom is 0.127 e. The summed E-state index contributed by atoms with van der Waals surface area (Å²) in [5, 5.41) is 12.4. The Morgan fingerprint density at radius 1 is 1.00 bits per heavy atom. The summed E-state index contributed by atoms with van der Waals surface area (Å²) in [5.41, 5.74) is 1.03. The molecule has 0 aliphatic rings. The van der Waals surface area contributed by atoms with Crippen LogP contribution in [-0.2, 0) is 0 Å². The smallest absolute Gasteiger partial charge is 0.127 e. The van der Waals surface area contributed by atoms with E-state index in [9.17, 15) is 5.11 Å². The minimum Gasteiger partial charge on any atom is -0.457 e. The van der Waals surface area contributed by atoms with Crippen LogP contribution >= 0.6 is 0 Å². The van der Waals surface area contributed by atoms with Gasteiger partial charge in [0.05, 0.1) is 6.10 Å². The highest BCUT2D eigenvalue weighted by Gasteiger charge is 1.98. The average Bonchev–Trinajstić information content (AvgIpc) is 2.42. The monoisotopic (exact) mass is 257 g/mol. The zero-order chi connectivity index (χ0) is 13.5. The molecule has 19 heavy (non-hydrogen) atoms. The van der Waals surface area contributed by atoms with Crippen LogP contribution in [0.1, 0.15) is 13.3 Å². The number of aliphatic hydroxyl groups is 1. The van der Waals surface area contributed by atoms with Gasteiger partial charge in [0.25, 0.3) is 0 Å². The van der Waals surface area contributed by atoms with E-state index < -0.39 is 0 Å². The summed E-state index contributed by atoms with van der Waals surface area (Å²) in [7, 11) is 0. The summed E-state index contributed by atoms with van der Waals surface area (Å²) in [6.07, 6.45) is 0.468. The quantitative estimate of drug-likeness (QED) is 0.829. The van der Waals surface area contributed by atoms with Gasteiger partial charge in [-0.15, -0.1) is 0 Å². The summed E-state index contributed by atoms with van der Waals surface area (Å²) in [4.78, 5) is 0. The van der Waals surface area contributed by atoms with Gasteiger partial charge in [-0.2, -0.15) is 0 Å². The third-order valence-electron chi connectivity index (χ3n) is 2.72. The van der Waals surface area contributed by atoms with E-state index in [1.165, 1.54) is 0 Å². The number of aliphatic hydroxyl groups excluding tert-OH is 1. The lowest BCUT2D eigenvalue weighted by atomic mass is 10.2. The fraction of sp³-hybridized carbons (Fsp3) is 0.250. The molecule has 2 aromatic carbocycles. The summed E-state index contributed by atoms with van der Waals surface area (Å²) in [6.45, 7) is 2.55.